The molecule has 1 saturated carbocycles. The van der Waals surface area contributed by atoms with Crippen LogP contribution in [-0.2, 0) is 14.4 Å². The molecule has 0 bridgehead atoms. The topological polar surface area (TPSA) is 128 Å². The fraction of sp³-hybridized carbons (Fsp3) is 0.611. The highest BCUT2D eigenvalue weighted by Crippen LogP contribution is 2.31. The molecule has 3 rings (SSSR count). The van der Waals surface area contributed by atoms with Gasteiger partial charge in [0.05, 0.1) is 12.5 Å². The molecule has 10 nitrogen and oxygen atoms in total. The molecule has 1 aromatic heterocycles. The van der Waals surface area contributed by atoms with Gasteiger partial charge < -0.3 is 5.32 Å². The van der Waals surface area contributed by atoms with E-state index in [2.05, 4.69) is 20.7 Å². The molecule has 0 unspecified atom stereocenters. The van der Waals surface area contributed by atoms with Crippen molar-refractivity contribution in [2.24, 2.45) is 11.8 Å². The number of carbonyl (C=O) groups is 3. The first-order valence-electron chi connectivity index (χ1n) is 9.62. The molecule has 2 aliphatic rings. The molecule has 10 heteroatoms. The average molecular weight is 390 g/mol. The van der Waals surface area contributed by atoms with Crippen molar-refractivity contribution < 1.29 is 19.6 Å². The van der Waals surface area contributed by atoms with E-state index in [1.54, 1.807) is 6.07 Å². The lowest BCUT2D eigenvalue weighted by atomic mass is 9.92. The van der Waals surface area contributed by atoms with Crippen molar-refractivity contribution in [3.8, 4) is 0 Å². The van der Waals surface area contributed by atoms with E-state index in [4.69, 9.17) is 0 Å². The first kappa shape index (κ1) is 20.2. The number of hydrogen-bond acceptors (Lipinski definition) is 7. The van der Waals surface area contributed by atoms with E-state index in [0.717, 1.165) is 25.7 Å². The van der Waals surface area contributed by atoms with Crippen LogP contribution in [0.5, 0.6) is 0 Å². The Morgan fingerprint density at radius 1 is 1.39 bits per heavy atom. The summed E-state index contributed by atoms with van der Waals surface area (Å²) in [5.74, 6) is -0.437. The molecule has 1 aliphatic carbocycles. The summed E-state index contributed by atoms with van der Waals surface area (Å²) in [5.41, 5.74) is 2.97. The number of hydrazine groups is 1. The molecule has 2 heterocycles. The van der Waals surface area contributed by atoms with Crippen molar-refractivity contribution in [2.45, 2.75) is 44.6 Å². The Morgan fingerprint density at radius 2 is 2.18 bits per heavy atom. The predicted molar refractivity (Wildman–Crippen MR) is 98.5 cm³/mol. The quantitative estimate of drug-likeness (QED) is 0.336. The van der Waals surface area contributed by atoms with Crippen LogP contribution >= 0.6 is 0 Å². The lowest BCUT2D eigenvalue weighted by Crippen LogP contribution is -2.51. The number of anilines is 1. The predicted octanol–water partition coefficient (Wildman–Crippen LogP) is 0.565. The lowest BCUT2D eigenvalue weighted by Gasteiger charge is -2.29. The SMILES string of the molecule is O=CN(O)C[C@@H](CC1CCCC1)C(=O)N1NCC[C@H]1C(=O)Nc1ccncn1. The van der Waals surface area contributed by atoms with E-state index in [1.807, 2.05) is 0 Å². The summed E-state index contributed by atoms with van der Waals surface area (Å²) in [6, 6.07) is 0.889. The monoisotopic (exact) mass is 390 g/mol. The van der Waals surface area contributed by atoms with Gasteiger partial charge in [0.2, 0.25) is 18.2 Å². The Labute approximate surface area is 163 Å². The van der Waals surface area contributed by atoms with Crippen LogP contribution in [0.3, 0.4) is 0 Å². The molecule has 3 N–H and O–H groups in total. The minimum Gasteiger partial charge on any atom is -0.309 e. The minimum atomic E-state index is -0.683. The summed E-state index contributed by atoms with van der Waals surface area (Å²) in [6.07, 6.45) is 8.55. The maximum Gasteiger partial charge on any atom is 0.250 e. The Kier molecular flexibility index (Phi) is 6.88. The van der Waals surface area contributed by atoms with Gasteiger partial charge in [-0.05, 0) is 24.8 Å². The Hall–Kier alpha value is -2.59. The van der Waals surface area contributed by atoms with E-state index in [1.165, 1.54) is 17.5 Å². The van der Waals surface area contributed by atoms with Gasteiger partial charge in [-0.2, -0.15) is 0 Å². The second kappa shape index (κ2) is 9.56. The van der Waals surface area contributed by atoms with E-state index in [-0.39, 0.29) is 18.4 Å². The summed E-state index contributed by atoms with van der Waals surface area (Å²) in [4.78, 5) is 44.4. The van der Waals surface area contributed by atoms with Gasteiger partial charge in [-0.1, -0.05) is 25.7 Å². The van der Waals surface area contributed by atoms with Crippen molar-refractivity contribution in [3.05, 3.63) is 18.6 Å². The second-order valence-corrected chi connectivity index (χ2v) is 7.32. The van der Waals surface area contributed by atoms with Crippen LogP contribution in [0.25, 0.3) is 0 Å². The number of amides is 3. The van der Waals surface area contributed by atoms with Crippen LogP contribution in [0.15, 0.2) is 18.6 Å². The fourth-order valence-corrected chi connectivity index (χ4v) is 3.98. The molecule has 152 valence electrons. The molecule has 1 saturated heterocycles. The number of hydroxylamine groups is 2. The molecule has 28 heavy (non-hydrogen) atoms. The van der Waals surface area contributed by atoms with Crippen molar-refractivity contribution >= 4 is 24.0 Å². The van der Waals surface area contributed by atoms with Crippen molar-refractivity contribution in [1.29, 1.82) is 0 Å². The molecule has 2 atom stereocenters. The molecule has 0 spiro atoms. The van der Waals surface area contributed by atoms with Crippen molar-refractivity contribution in [2.75, 3.05) is 18.4 Å². The summed E-state index contributed by atoms with van der Waals surface area (Å²) in [6.45, 7) is 0.400. The number of aromatic nitrogens is 2. The minimum absolute atomic E-state index is 0.0860. The number of carbonyl (C=O) groups excluding carboxylic acids is 3. The van der Waals surface area contributed by atoms with Crippen LogP contribution < -0.4 is 10.7 Å². The molecule has 0 radical (unpaired) electrons. The zero-order chi connectivity index (χ0) is 19.9. The lowest BCUT2D eigenvalue weighted by molar-refractivity contribution is -0.159. The summed E-state index contributed by atoms with van der Waals surface area (Å²) in [7, 11) is 0. The average Bonchev–Trinajstić information content (AvgIpc) is 3.39. The number of hydrogen-bond donors (Lipinski definition) is 3. The van der Waals surface area contributed by atoms with Crippen LogP contribution in [0.2, 0.25) is 0 Å². The van der Waals surface area contributed by atoms with E-state index < -0.39 is 12.0 Å². The molecular formula is C18H26N6O4. The van der Waals surface area contributed by atoms with Gasteiger partial charge in [0.25, 0.3) is 0 Å². The van der Waals surface area contributed by atoms with E-state index in [9.17, 15) is 19.6 Å². The normalized spacial score (nSPS) is 20.8. The number of rotatable bonds is 8. The highest BCUT2D eigenvalue weighted by Gasteiger charge is 2.39. The first-order chi connectivity index (χ1) is 13.6. The van der Waals surface area contributed by atoms with Gasteiger partial charge in [0, 0.05) is 12.7 Å². The van der Waals surface area contributed by atoms with Crippen LogP contribution in [0, 0.1) is 11.8 Å². The number of nitrogens with zero attached hydrogens (tertiary/aromatic N) is 4. The maximum absolute atomic E-state index is 13.2. The van der Waals surface area contributed by atoms with Gasteiger partial charge in [0.15, 0.2) is 0 Å². The molecule has 0 aromatic carbocycles. The summed E-state index contributed by atoms with van der Waals surface area (Å²) >= 11 is 0. The summed E-state index contributed by atoms with van der Waals surface area (Å²) in [5, 5.41) is 14.2. The standard InChI is InChI=1S/C18H26N6O4/c25-12-23(28)10-14(9-13-3-1-2-4-13)18(27)24-15(5-8-21-24)17(26)22-16-6-7-19-11-20-16/h6-7,11-15,21,28H,1-5,8-10H2,(H,19,20,22,26)/t14-,15+/m1/s1. The Morgan fingerprint density at radius 3 is 2.86 bits per heavy atom. The summed E-state index contributed by atoms with van der Waals surface area (Å²) < 4.78 is 0. The first-order valence-corrected chi connectivity index (χ1v) is 9.62. The van der Waals surface area contributed by atoms with Gasteiger partial charge in [-0.25, -0.2) is 20.5 Å². The molecule has 3 amide bonds. The third-order valence-electron chi connectivity index (χ3n) is 5.36. The molecular weight excluding hydrogens is 364 g/mol. The third-order valence-corrected chi connectivity index (χ3v) is 5.36. The number of nitrogens with one attached hydrogen (secondary N) is 2. The van der Waals surface area contributed by atoms with E-state index in [0.29, 0.717) is 42.6 Å². The van der Waals surface area contributed by atoms with E-state index >= 15 is 0 Å². The highest BCUT2D eigenvalue weighted by molar-refractivity contribution is 5.97. The van der Waals surface area contributed by atoms with Crippen LogP contribution in [-0.4, -0.2) is 62.6 Å². The third kappa shape index (κ3) is 5.02. The smallest absolute Gasteiger partial charge is 0.250 e. The maximum atomic E-state index is 13.2. The van der Waals surface area contributed by atoms with Crippen LogP contribution in [0.4, 0.5) is 5.82 Å². The van der Waals surface area contributed by atoms with Gasteiger partial charge in [0.1, 0.15) is 18.2 Å². The van der Waals surface area contributed by atoms with Gasteiger partial charge in [-0.3, -0.25) is 24.6 Å². The van der Waals surface area contributed by atoms with Crippen molar-refractivity contribution in [3.63, 3.8) is 0 Å². The van der Waals surface area contributed by atoms with Gasteiger partial charge in [-0.15, -0.1) is 0 Å². The highest BCUT2D eigenvalue weighted by atomic mass is 16.5. The largest absolute Gasteiger partial charge is 0.309 e. The molecule has 1 aliphatic heterocycles. The second-order valence-electron chi connectivity index (χ2n) is 7.32. The molecule has 2 fully saturated rings. The zero-order valence-corrected chi connectivity index (χ0v) is 15.7. The van der Waals surface area contributed by atoms with Gasteiger partial charge >= 0.3 is 0 Å². The fourth-order valence-electron chi connectivity index (χ4n) is 3.98. The Balaban J connectivity index is 1.68. The van der Waals surface area contributed by atoms with Crippen molar-refractivity contribution in [1.82, 2.24) is 25.5 Å². The van der Waals surface area contributed by atoms with Crippen LogP contribution in [0.1, 0.15) is 38.5 Å². The Bertz CT molecular complexity index is 682. The molecule has 1 aromatic rings. The zero-order valence-electron chi connectivity index (χ0n) is 15.7.